The predicted molar refractivity (Wildman–Crippen MR) is 136 cm³/mol. The molecule has 1 aromatic heterocycles. The predicted octanol–water partition coefficient (Wildman–Crippen LogP) is 4.51. The van der Waals surface area contributed by atoms with Gasteiger partial charge in [-0.15, -0.1) is 0 Å². The average molecular weight is 492 g/mol. The molecule has 12 nitrogen and oxygen atoms in total. The van der Waals surface area contributed by atoms with E-state index in [0.29, 0.717) is 17.7 Å². The van der Waals surface area contributed by atoms with Gasteiger partial charge in [-0.2, -0.15) is 19.6 Å². The van der Waals surface area contributed by atoms with Crippen LogP contribution >= 0.6 is 0 Å². The van der Waals surface area contributed by atoms with E-state index in [1.165, 1.54) is 0 Å². The standard InChI is InChI=1S/C24H25N7O5/c1-26-18-8-4-14(24-23(31-35)22(30-34)21(29-33)20(36-24)12-27-32)10-15(18)11-17-7-9-19(28-17)13-2-5-16(25)6-3-13/h2-10,20-24,26,28H,11-12,25H2,1H3/t20-,21-,22+,23-,24?/m1/s1. The number of rotatable bonds is 10. The van der Waals surface area contributed by atoms with Crippen LogP contribution in [0, 0.1) is 19.6 Å². The first-order chi connectivity index (χ1) is 17.5. The normalized spacial score (nSPS) is 23.5. The van der Waals surface area contributed by atoms with Crippen molar-refractivity contribution < 1.29 is 4.74 Å². The molecule has 186 valence electrons. The number of aromatic nitrogens is 1. The van der Waals surface area contributed by atoms with Crippen molar-refractivity contribution in [2.24, 2.45) is 20.7 Å². The Kier molecular flexibility index (Phi) is 7.54. The number of hydrogen-bond acceptors (Lipinski definition) is 11. The van der Waals surface area contributed by atoms with Crippen LogP contribution < -0.4 is 11.1 Å². The van der Waals surface area contributed by atoms with E-state index in [2.05, 4.69) is 31.0 Å². The van der Waals surface area contributed by atoms with Gasteiger partial charge in [0.05, 0.1) is 0 Å². The van der Waals surface area contributed by atoms with Crippen LogP contribution in [0.2, 0.25) is 0 Å². The number of nitrogens with zero attached hydrogens (tertiary/aromatic N) is 4. The average Bonchev–Trinajstić information content (AvgIpc) is 3.36. The maximum atomic E-state index is 11.7. The molecule has 4 N–H and O–H groups in total. The third-order valence-electron chi connectivity index (χ3n) is 6.41. The second kappa shape index (κ2) is 11.0. The van der Waals surface area contributed by atoms with Gasteiger partial charge in [0.25, 0.3) is 0 Å². The number of anilines is 2. The summed E-state index contributed by atoms with van der Waals surface area (Å²) >= 11 is 0. The highest BCUT2D eigenvalue weighted by molar-refractivity contribution is 5.63. The molecule has 3 aromatic rings. The molecule has 1 saturated heterocycles. The Bertz CT molecular complexity index is 1250. The first-order valence-corrected chi connectivity index (χ1v) is 11.3. The SMILES string of the molecule is CNc1ccc(C2O[C@H](CN=O)[C@@H](N=O)[C@H](N=O)[C@H]2N=O)cc1Cc1ccc(-c2ccc(N)cc2)[nH]1. The summed E-state index contributed by atoms with van der Waals surface area (Å²) < 4.78 is 5.88. The minimum atomic E-state index is -1.37. The summed E-state index contributed by atoms with van der Waals surface area (Å²) in [6.45, 7) is -0.414. The molecule has 5 atom stereocenters. The number of aromatic amines is 1. The lowest BCUT2D eigenvalue weighted by Crippen LogP contribution is -2.52. The van der Waals surface area contributed by atoms with Gasteiger partial charge < -0.3 is 20.8 Å². The zero-order chi connectivity index (χ0) is 25.7. The van der Waals surface area contributed by atoms with Crippen LogP contribution in [0.5, 0.6) is 0 Å². The Balaban J connectivity index is 1.65. The number of nitrogens with two attached hydrogens (primary N) is 1. The lowest BCUT2D eigenvalue weighted by Gasteiger charge is -2.38. The quantitative estimate of drug-likeness (QED) is 0.275. The van der Waals surface area contributed by atoms with Crippen LogP contribution in [0.3, 0.4) is 0 Å². The summed E-state index contributed by atoms with van der Waals surface area (Å²) in [4.78, 5) is 48.9. The molecule has 0 spiro atoms. The maximum absolute atomic E-state index is 11.7. The molecule has 0 aliphatic carbocycles. The molecular formula is C24H25N7O5. The number of nitrogen functional groups attached to an aromatic ring is 1. The van der Waals surface area contributed by atoms with E-state index in [-0.39, 0.29) is 0 Å². The highest BCUT2D eigenvalue weighted by Gasteiger charge is 2.50. The molecule has 1 fully saturated rings. The number of nitrogens with one attached hydrogen (secondary N) is 2. The van der Waals surface area contributed by atoms with Gasteiger partial charge in [0.1, 0.15) is 30.8 Å². The van der Waals surface area contributed by atoms with E-state index in [9.17, 15) is 19.6 Å². The number of hydrogen-bond donors (Lipinski definition) is 3. The Morgan fingerprint density at radius 2 is 1.64 bits per heavy atom. The molecule has 0 amide bonds. The van der Waals surface area contributed by atoms with Gasteiger partial charge in [0.15, 0.2) is 6.04 Å². The topological polar surface area (TPSA) is 181 Å². The van der Waals surface area contributed by atoms with Crippen LogP contribution in [0.4, 0.5) is 11.4 Å². The van der Waals surface area contributed by atoms with Crippen molar-refractivity contribution in [3.05, 3.63) is 91.0 Å². The van der Waals surface area contributed by atoms with Gasteiger partial charge in [-0.3, -0.25) is 0 Å². The van der Waals surface area contributed by atoms with Gasteiger partial charge in [0.2, 0.25) is 0 Å². The summed E-state index contributed by atoms with van der Waals surface area (Å²) in [5, 5.41) is 14.8. The number of ether oxygens (including phenoxy) is 1. The smallest absolute Gasteiger partial charge is 0.150 e. The van der Waals surface area contributed by atoms with E-state index in [1.54, 1.807) is 13.1 Å². The minimum Gasteiger partial charge on any atom is -0.399 e. The molecule has 12 heteroatoms. The first kappa shape index (κ1) is 24.8. The summed E-state index contributed by atoms with van der Waals surface area (Å²) in [6, 6.07) is 12.9. The van der Waals surface area contributed by atoms with Gasteiger partial charge in [-0.25, -0.2) is 0 Å². The van der Waals surface area contributed by atoms with E-state index in [0.717, 1.165) is 28.2 Å². The van der Waals surface area contributed by atoms with Gasteiger partial charge >= 0.3 is 0 Å². The largest absolute Gasteiger partial charge is 0.399 e. The Morgan fingerprint density at radius 3 is 2.28 bits per heavy atom. The molecular weight excluding hydrogens is 466 g/mol. The van der Waals surface area contributed by atoms with Crippen molar-refractivity contribution >= 4 is 11.4 Å². The van der Waals surface area contributed by atoms with E-state index in [4.69, 9.17) is 10.5 Å². The van der Waals surface area contributed by atoms with Crippen molar-refractivity contribution in [3.63, 3.8) is 0 Å². The second-order valence-corrected chi connectivity index (χ2v) is 8.56. The van der Waals surface area contributed by atoms with Crippen LogP contribution in [0.15, 0.2) is 75.3 Å². The molecule has 1 aliphatic heterocycles. The second-order valence-electron chi connectivity index (χ2n) is 8.56. The number of nitroso groups, excluding NO2 is 4. The first-order valence-electron chi connectivity index (χ1n) is 11.3. The van der Waals surface area contributed by atoms with E-state index < -0.39 is 36.9 Å². The Labute approximate surface area is 205 Å². The number of benzene rings is 2. The van der Waals surface area contributed by atoms with Gasteiger partial charge in [-0.05, 0) is 47.0 Å². The highest BCUT2D eigenvalue weighted by atomic mass is 16.5. The van der Waals surface area contributed by atoms with Crippen LogP contribution in [0.1, 0.15) is 22.9 Å². The Morgan fingerprint density at radius 1 is 0.917 bits per heavy atom. The van der Waals surface area contributed by atoms with E-state index in [1.807, 2.05) is 48.5 Å². The van der Waals surface area contributed by atoms with E-state index >= 15 is 0 Å². The molecule has 1 unspecified atom stereocenters. The lowest BCUT2D eigenvalue weighted by molar-refractivity contribution is -0.0761. The van der Waals surface area contributed by atoms with Crippen LogP contribution in [-0.2, 0) is 11.2 Å². The van der Waals surface area contributed by atoms with Crippen molar-refractivity contribution in [3.8, 4) is 11.3 Å². The van der Waals surface area contributed by atoms with Crippen LogP contribution in [-0.4, -0.2) is 42.8 Å². The molecule has 0 saturated carbocycles. The lowest BCUT2D eigenvalue weighted by atomic mass is 9.86. The number of H-pyrrole nitrogens is 1. The molecule has 36 heavy (non-hydrogen) atoms. The molecule has 0 bridgehead atoms. The van der Waals surface area contributed by atoms with Gasteiger partial charge in [0, 0.05) is 36.2 Å². The fourth-order valence-corrected chi connectivity index (χ4v) is 4.58. The molecule has 2 aromatic carbocycles. The fourth-order valence-electron chi connectivity index (χ4n) is 4.58. The van der Waals surface area contributed by atoms with Crippen molar-refractivity contribution in [2.45, 2.75) is 36.8 Å². The van der Waals surface area contributed by atoms with Crippen molar-refractivity contribution in [2.75, 3.05) is 24.6 Å². The van der Waals surface area contributed by atoms with Crippen molar-refractivity contribution in [1.29, 1.82) is 0 Å². The zero-order valence-electron chi connectivity index (χ0n) is 19.4. The third-order valence-corrected chi connectivity index (χ3v) is 6.41. The summed E-state index contributed by atoms with van der Waals surface area (Å²) in [7, 11) is 1.79. The summed E-state index contributed by atoms with van der Waals surface area (Å²) in [6.07, 6.45) is -1.59. The maximum Gasteiger partial charge on any atom is 0.150 e. The molecule has 4 rings (SSSR count). The molecule has 2 heterocycles. The fraction of sp³-hybridized carbons (Fsp3) is 0.333. The van der Waals surface area contributed by atoms with Gasteiger partial charge in [-0.1, -0.05) is 45.0 Å². The highest BCUT2D eigenvalue weighted by Crippen LogP contribution is 2.38. The molecule has 1 aliphatic rings. The Hall–Kier alpha value is -4.32. The summed E-state index contributed by atoms with van der Waals surface area (Å²) in [5.74, 6) is 0. The van der Waals surface area contributed by atoms with Crippen molar-refractivity contribution in [1.82, 2.24) is 4.98 Å². The summed E-state index contributed by atoms with van der Waals surface area (Å²) in [5.41, 5.74) is 11.6. The third kappa shape index (κ3) is 4.89. The monoisotopic (exact) mass is 491 g/mol. The zero-order valence-corrected chi connectivity index (χ0v) is 19.4. The minimum absolute atomic E-state index is 0.414. The van der Waals surface area contributed by atoms with Crippen LogP contribution in [0.25, 0.3) is 11.3 Å². The molecule has 0 radical (unpaired) electrons.